The lowest BCUT2D eigenvalue weighted by Gasteiger charge is -2.34. The van der Waals surface area contributed by atoms with Gasteiger partial charge < -0.3 is 9.80 Å². The number of anilines is 1. The zero-order valence-corrected chi connectivity index (χ0v) is 15.4. The molecule has 1 fully saturated rings. The van der Waals surface area contributed by atoms with Gasteiger partial charge in [0.2, 0.25) is 0 Å². The second-order valence-electron chi connectivity index (χ2n) is 6.31. The third-order valence-corrected chi connectivity index (χ3v) is 5.42. The van der Waals surface area contributed by atoms with Crippen molar-refractivity contribution < 1.29 is 4.79 Å². The van der Waals surface area contributed by atoms with Crippen molar-refractivity contribution in [2.24, 2.45) is 7.05 Å². The van der Waals surface area contributed by atoms with Crippen LogP contribution in [0.2, 0.25) is 0 Å². The Bertz CT molecular complexity index is 924. The number of amides is 1. The Morgan fingerprint density at radius 1 is 1.20 bits per heavy atom. The molecule has 25 heavy (non-hydrogen) atoms. The fourth-order valence-electron chi connectivity index (χ4n) is 3.38. The zero-order valence-electron chi connectivity index (χ0n) is 14.6. The first-order valence-electron chi connectivity index (χ1n) is 8.29. The molecule has 0 unspecified atom stereocenters. The molecule has 0 aromatic carbocycles. The monoisotopic (exact) mass is 356 g/mol. The molecule has 0 N–H and O–H groups in total. The summed E-state index contributed by atoms with van der Waals surface area (Å²) >= 11 is 1.64. The number of hydrogen-bond donors (Lipinski definition) is 0. The van der Waals surface area contributed by atoms with Gasteiger partial charge in [-0.05, 0) is 19.9 Å². The molecule has 0 radical (unpaired) electrons. The third-order valence-electron chi connectivity index (χ3n) is 4.58. The van der Waals surface area contributed by atoms with Crippen LogP contribution < -0.4 is 4.90 Å². The van der Waals surface area contributed by atoms with Crippen molar-refractivity contribution in [3.8, 4) is 0 Å². The molecule has 0 bridgehead atoms. The van der Waals surface area contributed by atoms with Gasteiger partial charge in [0.1, 0.15) is 0 Å². The van der Waals surface area contributed by atoms with E-state index in [0.717, 1.165) is 40.6 Å². The quantitative estimate of drug-likeness (QED) is 0.703. The lowest BCUT2D eigenvalue weighted by atomic mass is 10.1. The summed E-state index contributed by atoms with van der Waals surface area (Å²) in [4.78, 5) is 26.2. The number of thiazole rings is 1. The number of carbonyl (C=O) groups excluding carboxylic acids is 1. The van der Waals surface area contributed by atoms with E-state index in [9.17, 15) is 4.79 Å². The SMILES string of the molecule is Cc1cc(C(=O)N2CCN(c3nccs3)CC2)c2c(C)nn(C)c2n1. The van der Waals surface area contributed by atoms with Crippen molar-refractivity contribution in [2.75, 3.05) is 31.1 Å². The van der Waals surface area contributed by atoms with E-state index in [4.69, 9.17) is 0 Å². The zero-order chi connectivity index (χ0) is 17.6. The van der Waals surface area contributed by atoms with Crippen LogP contribution in [-0.2, 0) is 7.05 Å². The van der Waals surface area contributed by atoms with Gasteiger partial charge in [0.15, 0.2) is 10.8 Å². The lowest BCUT2D eigenvalue weighted by Crippen LogP contribution is -2.48. The van der Waals surface area contributed by atoms with Gasteiger partial charge in [0.05, 0.1) is 16.6 Å². The average Bonchev–Trinajstić information content (AvgIpc) is 3.23. The van der Waals surface area contributed by atoms with E-state index in [0.29, 0.717) is 18.7 Å². The Kier molecular flexibility index (Phi) is 3.91. The molecular formula is C17H20N6OS. The number of piperazine rings is 1. The van der Waals surface area contributed by atoms with Gasteiger partial charge in [-0.2, -0.15) is 5.10 Å². The molecule has 1 aliphatic rings. The summed E-state index contributed by atoms with van der Waals surface area (Å²) in [6.07, 6.45) is 1.82. The van der Waals surface area contributed by atoms with E-state index < -0.39 is 0 Å². The summed E-state index contributed by atoms with van der Waals surface area (Å²) in [5.41, 5.74) is 3.15. The number of fused-ring (bicyclic) bond motifs is 1. The molecule has 4 heterocycles. The Labute approximate surface area is 149 Å². The van der Waals surface area contributed by atoms with E-state index in [2.05, 4.69) is 20.0 Å². The van der Waals surface area contributed by atoms with Crippen LogP contribution >= 0.6 is 11.3 Å². The van der Waals surface area contributed by atoms with Gasteiger partial charge in [-0.25, -0.2) is 9.97 Å². The highest BCUT2D eigenvalue weighted by atomic mass is 32.1. The lowest BCUT2D eigenvalue weighted by molar-refractivity contribution is 0.0748. The van der Waals surface area contributed by atoms with Gasteiger partial charge in [-0.15, -0.1) is 11.3 Å². The first-order valence-corrected chi connectivity index (χ1v) is 9.17. The number of aromatic nitrogens is 4. The molecular weight excluding hydrogens is 336 g/mol. The van der Waals surface area contributed by atoms with Gasteiger partial charge in [-0.1, -0.05) is 0 Å². The maximum Gasteiger partial charge on any atom is 0.254 e. The normalized spacial score (nSPS) is 15.2. The van der Waals surface area contributed by atoms with E-state index in [1.165, 1.54) is 0 Å². The number of pyridine rings is 1. The van der Waals surface area contributed by atoms with Crippen LogP contribution in [0.3, 0.4) is 0 Å². The topological polar surface area (TPSA) is 67.2 Å². The summed E-state index contributed by atoms with van der Waals surface area (Å²) in [6, 6.07) is 1.88. The fraction of sp³-hybridized carbons (Fsp3) is 0.412. The Hall–Kier alpha value is -2.48. The number of carbonyl (C=O) groups is 1. The molecule has 0 atom stereocenters. The first-order chi connectivity index (χ1) is 12.0. The van der Waals surface area contributed by atoms with Gasteiger partial charge in [-0.3, -0.25) is 9.48 Å². The van der Waals surface area contributed by atoms with Crippen LogP contribution in [0.15, 0.2) is 17.6 Å². The number of hydrogen-bond acceptors (Lipinski definition) is 6. The molecule has 0 spiro atoms. The van der Waals surface area contributed by atoms with Crippen molar-refractivity contribution in [3.63, 3.8) is 0 Å². The predicted molar refractivity (Wildman–Crippen MR) is 98.2 cm³/mol. The van der Waals surface area contributed by atoms with Gasteiger partial charge in [0.25, 0.3) is 5.91 Å². The molecule has 3 aromatic heterocycles. The van der Waals surface area contributed by atoms with E-state index >= 15 is 0 Å². The van der Waals surface area contributed by atoms with Gasteiger partial charge >= 0.3 is 0 Å². The molecule has 130 valence electrons. The summed E-state index contributed by atoms with van der Waals surface area (Å²) in [6.45, 7) is 6.84. The highest BCUT2D eigenvalue weighted by Crippen LogP contribution is 2.24. The molecule has 1 saturated heterocycles. The van der Waals surface area contributed by atoms with Crippen molar-refractivity contribution >= 4 is 33.4 Å². The van der Waals surface area contributed by atoms with Crippen LogP contribution in [0.4, 0.5) is 5.13 Å². The molecule has 1 amide bonds. The molecule has 0 saturated carbocycles. The van der Waals surface area contributed by atoms with Crippen molar-refractivity contribution in [1.82, 2.24) is 24.6 Å². The molecule has 0 aliphatic carbocycles. The second kappa shape index (κ2) is 6.11. The molecule has 8 heteroatoms. The summed E-state index contributed by atoms with van der Waals surface area (Å²) in [5, 5.41) is 8.30. The van der Waals surface area contributed by atoms with E-state index in [-0.39, 0.29) is 5.91 Å². The number of aryl methyl sites for hydroxylation is 3. The van der Waals surface area contributed by atoms with Crippen LogP contribution in [0.5, 0.6) is 0 Å². The Morgan fingerprint density at radius 2 is 1.96 bits per heavy atom. The highest BCUT2D eigenvalue weighted by molar-refractivity contribution is 7.13. The van der Waals surface area contributed by atoms with Crippen molar-refractivity contribution in [2.45, 2.75) is 13.8 Å². The minimum atomic E-state index is 0.0605. The molecule has 3 aromatic rings. The minimum absolute atomic E-state index is 0.0605. The number of nitrogens with zero attached hydrogens (tertiary/aromatic N) is 6. The second-order valence-corrected chi connectivity index (χ2v) is 7.19. The summed E-state index contributed by atoms with van der Waals surface area (Å²) in [5.74, 6) is 0.0605. The Morgan fingerprint density at radius 3 is 2.64 bits per heavy atom. The average molecular weight is 356 g/mol. The van der Waals surface area contributed by atoms with E-state index in [1.807, 2.05) is 43.4 Å². The van der Waals surface area contributed by atoms with Crippen LogP contribution in [0.25, 0.3) is 11.0 Å². The van der Waals surface area contributed by atoms with Crippen molar-refractivity contribution in [1.29, 1.82) is 0 Å². The minimum Gasteiger partial charge on any atom is -0.345 e. The maximum atomic E-state index is 13.2. The highest BCUT2D eigenvalue weighted by Gasteiger charge is 2.26. The maximum absolute atomic E-state index is 13.2. The molecule has 4 rings (SSSR count). The van der Waals surface area contributed by atoms with Crippen LogP contribution in [-0.4, -0.2) is 56.7 Å². The first kappa shape index (κ1) is 16.0. The summed E-state index contributed by atoms with van der Waals surface area (Å²) in [7, 11) is 1.86. The van der Waals surface area contributed by atoms with Gasteiger partial charge in [0, 0.05) is 50.5 Å². The van der Waals surface area contributed by atoms with Crippen LogP contribution in [0, 0.1) is 13.8 Å². The summed E-state index contributed by atoms with van der Waals surface area (Å²) < 4.78 is 1.74. The molecule has 1 aliphatic heterocycles. The standard InChI is InChI=1S/C17H20N6OS/c1-11-10-13(14-12(2)20-21(3)15(14)19-11)16(24)22-5-7-23(8-6-22)17-18-4-9-25-17/h4,9-10H,5-8H2,1-3H3. The fourth-order valence-corrected chi connectivity index (χ4v) is 4.08. The largest absolute Gasteiger partial charge is 0.345 e. The van der Waals surface area contributed by atoms with Crippen LogP contribution in [0.1, 0.15) is 21.7 Å². The molecule has 7 nitrogen and oxygen atoms in total. The smallest absolute Gasteiger partial charge is 0.254 e. The third kappa shape index (κ3) is 2.76. The number of rotatable bonds is 2. The Balaban J connectivity index is 1.61. The van der Waals surface area contributed by atoms with E-state index in [1.54, 1.807) is 16.0 Å². The van der Waals surface area contributed by atoms with Crippen molar-refractivity contribution in [3.05, 3.63) is 34.6 Å². The predicted octanol–water partition coefficient (Wildman–Crippen LogP) is 2.00.